The maximum atomic E-state index is 13.5. The van der Waals surface area contributed by atoms with Crippen molar-refractivity contribution in [2.75, 3.05) is 0 Å². The van der Waals surface area contributed by atoms with Crippen molar-refractivity contribution in [3.63, 3.8) is 0 Å². The molecule has 1 N–H and O–H groups in total. The Hall–Kier alpha value is -0.670. The van der Waals surface area contributed by atoms with Crippen molar-refractivity contribution in [2.45, 2.75) is 24.6 Å². The normalized spacial score (nSPS) is 20.6. The first-order valence-corrected chi connectivity index (χ1v) is 4.73. The van der Waals surface area contributed by atoms with Crippen LogP contribution in [0, 0.1) is 5.82 Å². The summed E-state index contributed by atoms with van der Waals surface area (Å²) in [6.07, 6.45) is -0.701. The summed E-state index contributed by atoms with van der Waals surface area (Å²) in [7, 11) is 0. The third-order valence-electron chi connectivity index (χ3n) is 2.49. The molecular formula is C10H9ClF2O. The van der Waals surface area contributed by atoms with E-state index >= 15 is 0 Å². The van der Waals surface area contributed by atoms with Crippen LogP contribution in [-0.2, 0) is 0 Å². The molecule has 0 heterocycles. The zero-order valence-corrected chi connectivity index (χ0v) is 8.06. The van der Waals surface area contributed by atoms with E-state index in [1.807, 2.05) is 0 Å². The first kappa shape index (κ1) is 9.87. The van der Waals surface area contributed by atoms with Gasteiger partial charge in [-0.15, -0.1) is 0 Å². The highest BCUT2D eigenvalue weighted by Crippen LogP contribution is 2.50. The van der Waals surface area contributed by atoms with E-state index in [1.54, 1.807) is 0 Å². The molecule has 4 heteroatoms. The van der Waals surface area contributed by atoms with Crippen LogP contribution in [-0.4, -0.2) is 10.8 Å². The Balaban J connectivity index is 2.36. The zero-order chi connectivity index (χ0) is 10.3. The van der Waals surface area contributed by atoms with E-state index in [1.165, 1.54) is 18.2 Å². The van der Waals surface area contributed by atoms with Gasteiger partial charge in [0.15, 0.2) is 0 Å². The second-order valence-electron chi connectivity index (χ2n) is 3.58. The topological polar surface area (TPSA) is 20.2 Å². The summed E-state index contributed by atoms with van der Waals surface area (Å²) in [5.41, 5.74) is -1.47. The summed E-state index contributed by atoms with van der Waals surface area (Å²) in [6, 6.07) is 4.03. The van der Waals surface area contributed by atoms with Gasteiger partial charge in [-0.3, -0.25) is 0 Å². The van der Waals surface area contributed by atoms with Crippen LogP contribution >= 0.6 is 11.6 Å². The second kappa shape index (κ2) is 3.17. The Kier molecular flexibility index (Phi) is 2.24. The molecule has 0 spiro atoms. The van der Waals surface area contributed by atoms with Gasteiger partial charge in [0.1, 0.15) is 17.6 Å². The van der Waals surface area contributed by atoms with Crippen molar-refractivity contribution in [3.05, 3.63) is 34.6 Å². The molecule has 0 saturated heterocycles. The minimum Gasteiger partial charge on any atom is -0.385 e. The highest BCUT2D eigenvalue weighted by atomic mass is 35.5. The van der Waals surface area contributed by atoms with Gasteiger partial charge in [0.25, 0.3) is 0 Å². The maximum absolute atomic E-state index is 13.5. The van der Waals surface area contributed by atoms with Crippen molar-refractivity contribution in [3.8, 4) is 0 Å². The van der Waals surface area contributed by atoms with Crippen molar-refractivity contribution < 1.29 is 13.9 Å². The lowest BCUT2D eigenvalue weighted by molar-refractivity contribution is 0.0606. The molecule has 1 nitrogen and oxygen atoms in total. The van der Waals surface area contributed by atoms with Crippen molar-refractivity contribution in [1.82, 2.24) is 0 Å². The number of hydrogen-bond donors (Lipinski definition) is 1. The van der Waals surface area contributed by atoms with Gasteiger partial charge in [0, 0.05) is 5.56 Å². The molecule has 1 aromatic carbocycles. The Labute approximate surface area is 85.3 Å². The molecule has 14 heavy (non-hydrogen) atoms. The predicted octanol–water partition coefficient (Wildman–Crippen LogP) is 3.01. The zero-order valence-electron chi connectivity index (χ0n) is 7.30. The lowest BCUT2D eigenvalue weighted by Gasteiger charge is -2.16. The van der Waals surface area contributed by atoms with Gasteiger partial charge >= 0.3 is 0 Å². The fourth-order valence-corrected chi connectivity index (χ4v) is 1.63. The average molecular weight is 219 g/mol. The fraction of sp³-hybridized carbons (Fsp3) is 0.400. The number of benzene rings is 1. The molecule has 0 aliphatic heterocycles. The summed E-state index contributed by atoms with van der Waals surface area (Å²) >= 11 is 5.62. The van der Waals surface area contributed by atoms with Gasteiger partial charge in [-0.25, -0.2) is 8.78 Å². The van der Waals surface area contributed by atoms with E-state index in [4.69, 9.17) is 11.6 Å². The molecule has 0 amide bonds. The first-order valence-electron chi connectivity index (χ1n) is 4.35. The van der Waals surface area contributed by atoms with Crippen LogP contribution in [0.2, 0.25) is 5.02 Å². The Bertz CT molecular complexity index is 363. The minimum atomic E-state index is -1.60. The number of halogens is 3. The van der Waals surface area contributed by atoms with Crippen molar-refractivity contribution in [2.24, 2.45) is 0 Å². The first-order chi connectivity index (χ1) is 6.54. The van der Waals surface area contributed by atoms with Crippen LogP contribution in [0.4, 0.5) is 8.78 Å². The fourth-order valence-electron chi connectivity index (χ4n) is 1.40. The highest BCUT2D eigenvalue weighted by Gasteiger charge is 2.51. The molecule has 2 rings (SSSR count). The quantitative estimate of drug-likeness (QED) is 0.809. The van der Waals surface area contributed by atoms with E-state index < -0.39 is 17.6 Å². The van der Waals surface area contributed by atoms with Crippen molar-refractivity contribution >= 4 is 11.6 Å². The number of aliphatic hydroxyl groups excluding tert-OH is 1. The molecule has 1 aromatic rings. The standard InChI is InChI=1S/C10H9ClF2O/c11-8-6(2-1-3-7(8)12)9(14)10(13)4-5-10/h1-3,9,14H,4-5H2. The molecule has 1 unspecified atom stereocenters. The van der Waals surface area contributed by atoms with Gasteiger partial charge in [-0.2, -0.15) is 0 Å². The van der Waals surface area contributed by atoms with Crippen molar-refractivity contribution in [1.29, 1.82) is 0 Å². The average Bonchev–Trinajstić information content (AvgIpc) is 2.89. The molecule has 0 radical (unpaired) electrons. The molecule has 76 valence electrons. The molecule has 1 aliphatic carbocycles. The monoisotopic (exact) mass is 218 g/mol. The van der Waals surface area contributed by atoms with E-state index in [0.717, 1.165) is 0 Å². The largest absolute Gasteiger partial charge is 0.385 e. The van der Waals surface area contributed by atoms with E-state index in [0.29, 0.717) is 12.8 Å². The van der Waals surface area contributed by atoms with Crippen LogP contribution < -0.4 is 0 Å². The minimum absolute atomic E-state index is 0.131. The van der Waals surface area contributed by atoms with E-state index in [-0.39, 0.29) is 10.6 Å². The SMILES string of the molecule is OC(c1cccc(F)c1Cl)C1(F)CC1. The molecule has 1 aliphatic rings. The summed E-state index contributed by atoms with van der Waals surface area (Å²) in [5.74, 6) is -0.632. The van der Waals surface area contributed by atoms with Crippen LogP contribution in [0.1, 0.15) is 24.5 Å². The third kappa shape index (κ3) is 1.51. The van der Waals surface area contributed by atoms with Crippen LogP contribution in [0.25, 0.3) is 0 Å². The van der Waals surface area contributed by atoms with E-state index in [9.17, 15) is 13.9 Å². The van der Waals surface area contributed by atoms with Gasteiger partial charge in [0.05, 0.1) is 5.02 Å². The number of hydrogen-bond acceptors (Lipinski definition) is 1. The molecule has 1 fully saturated rings. The highest BCUT2D eigenvalue weighted by molar-refractivity contribution is 6.31. The number of aliphatic hydroxyl groups is 1. The van der Waals surface area contributed by atoms with Crippen LogP contribution in [0.3, 0.4) is 0 Å². The second-order valence-corrected chi connectivity index (χ2v) is 3.96. The lowest BCUT2D eigenvalue weighted by Crippen LogP contribution is -2.15. The summed E-state index contributed by atoms with van der Waals surface area (Å²) in [5, 5.41) is 9.41. The Morgan fingerprint density at radius 3 is 2.64 bits per heavy atom. The number of alkyl halides is 1. The van der Waals surface area contributed by atoms with Gasteiger partial charge in [-0.05, 0) is 18.9 Å². The lowest BCUT2D eigenvalue weighted by atomic mass is 10.0. The Morgan fingerprint density at radius 1 is 1.43 bits per heavy atom. The van der Waals surface area contributed by atoms with E-state index in [2.05, 4.69) is 0 Å². The summed E-state index contributed by atoms with van der Waals surface area (Å²) in [6.45, 7) is 0. The third-order valence-corrected chi connectivity index (χ3v) is 2.89. The molecule has 0 aromatic heterocycles. The predicted molar refractivity (Wildman–Crippen MR) is 49.4 cm³/mol. The Morgan fingerprint density at radius 2 is 2.07 bits per heavy atom. The summed E-state index contributed by atoms with van der Waals surface area (Å²) < 4.78 is 26.4. The van der Waals surface area contributed by atoms with Gasteiger partial charge in [0.2, 0.25) is 0 Å². The van der Waals surface area contributed by atoms with Gasteiger partial charge in [-0.1, -0.05) is 23.7 Å². The maximum Gasteiger partial charge on any atom is 0.142 e. The molecular weight excluding hydrogens is 210 g/mol. The summed E-state index contributed by atoms with van der Waals surface area (Å²) in [4.78, 5) is 0. The number of rotatable bonds is 2. The molecule has 1 saturated carbocycles. The van der Waals surface area contributed by atoms with Crippen LogP contribution in [0.15, 0.2) is 18.2 Å². The molecule has 1 atom stereocenters. The molecule has 0 bridgehead atoms. The van der Waals surface area contributed by atoms with Gasteiger partial charge < -0.3 is 5.11 Å². The van der Waals surface area contributed by atoms with Crippen LogP contribution in [0.5, 0.6) is 0 Å². The smallest absolute Gasteiger partial charge is 0.142 e.